The molecule has 1 aromatic carbocycles. The zero-order valence-electron chi connectivity index (χ0n) is 14.0. The number of amides is 1. The van der Waals surface area contributed by atoms with Crippen LogP contribution in [0.3, 0.4) is 0 Å². The van der Waals surface area contributed by atoms with Gasteiger partial charge in [0.15, 0.2) is 5.96 Å². The lowest BCUT2D eigenvalue weighted by molar-refractivity contribution is -0.130. The molecule has 0 aliphatic carbocycles. The van der Waals surface area contributed by atoms with E-state index >= 15 is 0 Å². The number of methoxy groups -OCH3 is 1. The number of nitrogens with one attached hydrogen (secondary N) is 1. The van der Waals surface area contributed by atoms with Crippen molar-refractivity contribution in [1.29, 1.82) is 0 Å². The number of nitrogens with zero attached hydrogens (tertiary/aromatic N) is 2. The van der Waals surface area contributed by atoms with Crippen LogP contribution in [-0.2, 0) is 16.1 Å². The standard InChI is InChI=1S/C16H26N4O2.HI/c1-4-20(11-14-8-6-5-7-9-14)15(21)10-18-16(17)19-13(2)12-22-3;/h5-9,13H,4,10-12H2,1-3H3,(H3,17,18,19);1H. The first-order valence-electron chi connectivity index (χ1n) is 7.43. The van der Waals surface area contributed by atoms with Crippen molar-refractivity contribution < 1.29 is 9.53 Å². The number of nitrogens with two attached hydrogens (primary N) is 1. The van der Waals surface area contributed by atoms with Gasteiger partial charge in [-0.2, -0.15) is 0 Å². The summed E-state index contributed by atoms with van der Waals surface area (Å²) in [4.78, 5) is 18.1. The topological polar surface area (TPSA) is 80.0 Å². The number of likely N-dealkylation sites (N-methyl/N-ethyl adjacent to an activating group) is 1. The van der Waals surface area contributed by atoms with E-state index in [0.717, 1.165) is 5.56 Å². The molecule has 1 atom stereocenters. The molecule has 1 rings (SSSR count). The summed E-state index contributed by atoms with van der Waals surface area (Å²) in [6.45, 7) is 5.67. The number of hydrogen-bond donors (Lipinski definition) is 2. The van der Waals surface area contributed by atoms with Crippen LogP contribution >= 0.6 is 24.0 Å². The third-order valence-electron chi connectivity index (χ3n) is 3.15. The number of carbonyl (C=O) groups excluding carboxylic acids is 1. The smallest absolute Gasteiger partial charge is 0.244 e. The number of guanidine groups is 1. The second-order valence-corrected chi connectivity index (χ2v) is 5.10. The van der Waals surface area contributed by atoms with E-state index in [9.17, 15) is 4.79 Å². The molecule has 0 radical (unpaired) electrons. The van der Waals surface area contributed by atoms with Crippen LogP contribution in [0, 0.1) is 0 Å². The van der Waals surface area contributed by atoms with Gasteiger partial charge in [-0.3, -0.25) is 4.79 Å². The van der Waals surface area contributed by atoms with Gasteiger partial charge in [-0.1, -0.05) is 30.3 Å². The highest BCUT2D eigenvalue weighted by molar-refractivity contribution is 14.0. The van der Waals surface area contributed by atoms with Crippen LogP contribution in [0.15, 0.2) is 35.3 Å². The van der Waals surface area contributed by atoms with Crippen molar-refractivity contribution in [2.45, 2.75) is 26.4 Å². The SMILES string of the molecule is CCN(Cc1ccccc1)C(=O)CN=C(N)NC(C)COC.I. The van der Waals surface area contributed by atoms with Gasteiger partial charge in [0.05, 0.1) is 6.61 Å². The Kier molecular flexibility index (Phi) is 11.4. The lowest BCUT2D eigenvalue weighted by Crippen LogP contribution is -2.41. The molecule has 0 saturated heterocycles. The van der Waals surface area contributed by atoms with Crippen molar-refractivity contribution in [3.05, 3.63) is 35.9 Å². The predicted octanol–water partition coefficient (Wildman–Crippen LogP) is 1.59. The number of rotatable bonds is 8. The van der Waals surface area contributed by atoms with Crippen LogP contribution in [0.25, 0.3) is 0 Å². The number of carbonyl (C=O) groups is 1. The van der Waals surface area contributed by atoms with Gasteiger partial charge in [0.1, 0.15) is 6.54 Å². The molecule has 0 aliphatic rings. The highest BCUT2D eigenvalue weighted by atomic mass is 127. The average molecular weight is 434 g/mol. The van der Waals surface area contributed by atoms with Gasteiger partial charge in [0, 0.05) is 26.2 Å². The average Bonchev–Trinajstić information content (AvgIpc) is 2.51. The van der Waals surface area contributed by atoms with Crippen LogP contribution < -0.4 is 11.1 Å². The van der Waals surface area contributed by atoms with Gasteiger partial charge in [0.25, 0.3) is 0 Å². The van der Waals surface area contributed by atoms with E-state index in [1.807, 2.05) is 44.2 Å². The Hall–Kier alpha value is -1.35. The van der Waals surface area contributed by atoms with Crippen LogP contribution in [0.5, 0.6) is 0 Å². The van der Waals surface area contributed by atoms with Crippen molar-refractivity contribution in [1.82, 2.24) is 10.2 Å². The molecular weight excluding hydrogens is 407 g/mol. The van der Waals surface area contributed by atoms with Crippen molar-refractivity contribution >= 4 is 35.8 Å². The molecule has 6 nitrogen and oxygen atoms in total. The summed E-state index contributed by atoms with van der Waals surface area (Å²) in [5, 5.41) is 2.97. The summed E-state index contributed by atoms with van der Waals surface area (Å²) in [5.74, 6) is 0.212. The number of aliphatic imine (C=N–C) groups is 1. The normalized spacial score (nSPS) is 12.2. The molecule has 0 saturated carbocycles. The Morgan fingerprint density at radius 3 is 2.61 bits per heavy atom. The largest absolute Gasteiger partial charge is 0.383 e. The maximum atomic E-state index is 12.2. The Bertz CT molecular complexity index is 482. The fourth-order valence-corrected chi connectivity index (χ4v) is 2.02. The number of ether oxygens (including phenoxy) is 1. The Balaban J connectivity index is 0.00000484. The summed E-state index contributed by atoms with van der Waals surface area (Å²) >= 11 is 0. The second kappa shape index (κ2) is 12.1. The monoisotopic (exact) mass is 434 g/mol. The Morgan fingerprint density at radius 1 is 1.39 bits per heavy atom. The van der Waals surface area contributed by atoms with Gasteiger partial charge in [0.2, 0.25) is 5.91 Å². The fraction of sp³-hybridized carbons (Fsp3) is 0.500. The minimum absolute atomic E-state index is 0. The van der Waals surface area contributed by atoms with Gasteiger partial charge >= 0.3 is 0 Å². The van der Waals surface area contributed by atoms with E-state index < -0.39 is 0 Å². The minimum Gasteiger partial charge on any atom is -0.383 e. The molecule has 130 valence electrons. The predicted molar refractivity (Wildman–Crippen MR) is 104 cm³/mol. The van der Waals surface area contributed by atoms with Gasteiger partial charge < -0.3 is 20.7 Å². The maximum absolute atomic E-state index is 12.2. The molecular formula is C16H27IN4O2. The molecule has 0 spiro atoms. The summed E-state index contributed by atoms with van der Waals surface area (Å²) < 4.78 is 5.00. The number of halogens is 1. The highest BCUT2D eigenvalue weighted by Crippen LogP contribution is 2.04. The summed E-state index contributed by atoms with van der Waals surface area (Å²) in [6, 6.07) is 9.94. The molecule has 0 aromatic heterocycles. The van der Waals surface area contributed by atoms with Crippen LogP contribution in [-0.4, -0.2) is 49.6 Å². The molecule has 0 heterocycles. The lowest BCUT2D eigenvalue weighted by Gasteiger charge is -2.20. The van der Waals surface area contributed by atoms with E-state index in [-0.39, 0.29) is 48.4 Å². The van der Waals surface area contributed by atoms with E-state index in [0.29, 0.717) is 19.7 Å². The number of benzene rings is 1. The highest BCUT2D eigenvalue weighted by Gasteiger charge is 2.12. The second-order valence-electron chi connectivity index (χ2n) is 5.10. The Morgan fingerprint density at radius 2 is 2.04 bits per heavy atom. The van der Waals surface area contributed by atoms with E-state index in [2.05, 4.69) is 10.3 Å². The first-order valence-corrected chi connectivity index (χ1v) is 7.43. The first-order chi connectivity index (χ1) is 10.6. The van der Waals surface area contributed by atoms with Crippen LogP contribution in [0.2, 0.25) is 0 Å². The molecule has 23 heavy (non-hydrogen) atoms. The van der Waals surface area contributed by atoms with Crippen LogP contribution in [0.4, 0.5) is 0 Å². The zero-order valence-corrected chi connectivity index (χ0v) is 16.3. The van der Waals surface area contributed by atoms with Gasteiger partial charge in [-0.05, 0) is 19.4 Å². The molecule has 0 bridgehead atoms. The molecule has 1 unspecified atom stereocenters. The van der Waals surface area contributed by atoms with E-state index in [1.165, 1.54) is 0 Å². The zero-order chi connectivity index (χ0) is 16.4. The van der Waals surface area contributed by atoms with Crippen LogP contribution in [0.1, 0.15) is 19.4 Å². The third kappa shape index (κ3) is 8.75. The summed E-state index contributed by atoms with van der Waals surface area (Å²) in [6.07, 6.45) is 0. The molecule has 1 aromatic rings. The van der Waals surface area contributed by atoms with E-state index in [1.54, 1.807) is 12.0 Å². The molecule has 0 aliphatic heterocycles. The van der Waals surface area contributed by atoms with Crippen molar-refractivity contribution in [2.75, 3.05) is 26.8 Å². The molecule has 3 N–H and O–H groups in total. The van der Waals surface area contributed by atoms with Gasteiger partial charge in [-0.15, -0.1) is 24.0 Å². The van der Waals surface area contributed by atoms with Crippen molar-refractivity contribution in [3.63, 3.8) is 0 Å². The molecule has 7 heteroatoms. The third-order valence-corrected chi connectivity index (χ3v) is 3.15. The first kappa shape index (κ1) is 21.6. The van der Waals surface area contributed by atoms with E-state index in [4.69, 9.17) is 10.5 Å². The molecule has 1 amide bonds. The summed E-state index contributed by atoms with van der Waals surface area (Å²) in [7, 11) is 1.62. The minimum atomic E-state index is -0.0458. The van der Waals surface area contributed by atoms with Crippen molar-refractivity contribution in [2.24, 2.45) is 10.7 Å². The molecule has 0 fully saturated rings. The van der Waals surface area contributed by atoms with Crippen molar-refractivity contribution in [3.8, 4) is 0 Å². The number of hydrogen-bond acceptors (Lipinski definition) is 3. The van der Waals surface area contributed by atoms with Gasteiger partial charge in [-0.25, -0.2) is 4.99 Å². The quantitative estimate of drug-likeness (QED) is 0.370. The maximum Gasteiger partial charge on any atom is 0.244 e. The fourth-order valence-electron chi connectivity index (χ4n) is 2.02. The Labute approximate surface area is 155 Å². The lowest BCUT2D eigenvalue weighted by atomic mass is 10.2. The summed E-state index contributed by atoms with van der Waals surface area (Å²) in [5.41, 5.74) is 6.86.